The first-order valence-electron chi connectivity index (χ1n) is 14.8. The van der Waals surface area contributed by atoms with Crippen molar-refractivity contribution in [1.82, 2.24) is 4.57 Å². The summed E-state index contributed by atoms with van der Waals surface area (Å²) in [4.78, 5) is 43.3. The number of nitro benzene ring substituents is 1. The van der Waals surface area contributed by atoms with Crippen molar-refractivity contribution in [3.05, 3.63) is 141 Å². The Bertz CT molecular complexity index is 2250. The summed E-state index contributed by atoms with van der Waals surface area (Å²) in [5.74, 6) is 0.964. The SMILES string of the molecule is CCOC(=O)C1=C(C)N=c2s/c(=C\c3cc(Br)c(OCc4ccccc4)c(OC)c3)c(=O)n2[C@H]1c1ccc(-c2cccc([N+](=O)[O-])c2)o1. The maximum absolute atomic E-state index is 14.1. The molecule has 11 nitrogen and oxygen atoms in total. The number of esters is 1. The van der Waals surface area contributed by atoms with E-state index < -0.39 is 22.5 Å². The standard InChI is InChI=1S/C35H28BrN3O8S/c1-4-45-34(41)30-20(2)37-35-38(31(30)27-14-13-26(47-27)23-11-8-12-24(18-23)39(42)43)33(40)29(48-35)17-22-15-25(36)32(28(16-22)44-3)46-19-21-9-6-5-7-10-21/h5-18,31H,4,19H2,1-3H3/b29-17-/t31-/m0/s1. The molecule has 0 saturated carbocycles. The predicted octanol–water partition coefficient (Wildman–Crippen LogP) is 6.32. The Morgan fingerprint density at radius 3 is 2.65 bits per heavy atom. The topological polar surface area (TPSA) is 135 Å². The van der Waals surface area contributed by atoms with Crippen LogP contribution in [0.4, 0.5) is 5.69 Å². The van der Waals surface area contributed by atoms with E-state index in [9.17, 15) is 19.7 Å². The molecule has 0 radical (unpaired) electrons. The van der Waals surface area contributed by atoms with Crippen LogP contribution in [0.25, 0.3) is 17.4 Å². The van der Waals surface area contributed by atoms with Gasteiger partial charge >= 0.3 is 5.97 Å². The highest BCUT2D eigenvalue weighted by molar-refractivity contribution is 9.10. The van der Waals surface area contributed by atoms with Gasteiger partial charge in [0.2, 0.25) is 0 Å². The number of benzene rings is 3. The zero-order valence-corrected chi connectivity index (χ0v) is 28.4. The minimum atomic E-state index is -0.995. The third kappa shape index (κ3) is 6.46. The summed E-state index contributed by atoms with van der Waals surface area (Å²) < 4.78 is 25.7. The van der Waals surface area contributed by atoms with E-state index in [1.54, 1.807) is 57.4 Å². The zero-order valence-electron chi connectivity index (χ0n) is 26.0. The molecule has 1 atom stereocenters. The highest BCUT2D eigenvalue weighted by Crippen LogP contribution is 2.38. The molecule has 3 heterocycles. The number of rotatable bonds is 10. The van der Waals surface area contributed by atoms with E-state index in [0.29, 0.717) is 54.5 Å². The van der Waals surface area contributed by atoms with Crippen LogP contribution in [0.5, 0.6) is 11.5 Å². The summed E-state index contributed by atoms with van der Waals surface area (Å²) >= 11 is 4.75. The third-order valence-corrected chi connectivity index (χ3v) is 9.10. The number of furan rings is 1. The van der Waals surface area contributed by atoms with Gasteiger partial charge in [0.25, 0.3) is 11.2 Å². The Morgan fingerprint density at radius 1 is 1.12 bits per heavy atom. The second-order valence-electron chi connectivity index (χ2n) is 10.6. The number of fused-ring (bicyclic) bond motifs is 1. The second-order valence-corrected chi connectivity index (χ2v) is 12.5. The third-order valence-electron chi connectivity index (χ3n) is 7.53. The van der Waals surface area contributed by atoms with Gasteiger partial charge in [0.05, 0.1) is 38.9 Å². The molecule has 0 N–H and O–H groups in total. The number of methoxy groups -OCH3 is 1. The van der Waals surface area contributed by atoms with Gasteiger partial charge in [-0.05, 0) is 71.2 Å². The van der Waals surface area contributed by atoms with E-state index in [1.165, 1.54) is 16.7 Å². The number of non-ortho nitro benzene ring substituents is 1. The smallest absolute Gasteiger partial charge is 0.338 e. The number of hydrogen-bond donors (Lipinski definition) is 0. The molecule has 244 valence electrons. The van der Waals surface area contributed by atoms with Crippen molar-refractivity contribution in [2.24, 2.45) is 4.99 Å². The minimum Gasteiger partial charge on any atom is -0.493 e. The lowest BCUT2D eigenvalue weighted by Crippen LogP contribution is -2.39. The Labute approximate surface area is 286 Å². The van der Waals surface area contributed by atoms with E-state index in [1.807, 2.05) is 36.4 Å². The maximum atomic E-state index is 14.1. The summed E-state index contributed by atoms with van der Waals surface area (Å²) in [7, 11) is 1.54. The average molecular weight is 731 g/mol. The van der Waals surface area contributed by atoms with Crippen molar-refractivity contribution in [3.63, 3.8) is 0 Å². The summed E-state index contributed by atoms with van der Waals surface area (Å²) in [6.45, 7) is 3.82. The number of thiazole rings is 1. The lowest BCUT2D eigenvalue weighted by Gasteiger charge is -2.22. The van der Waals surface area contributed by atoms with Crippen LogP contribution in [-0.4, -0.2) is 29.2 Å². The van der Waals surface area contributed by atoms with Crippen molar-refractivity contribution >= 4 is 45.0 Å². The predicted molar refractivity (Wildman–Crippen MR) is 183 cm³/mol. The average Bonchev–Trinajstić information content (AvgIpc) is 3.68. The van der Waals surface area contributed by atoms with E-state index >= 15 is 0 Å². The molecule has 0 spiro atoms. The number of nitro groups is 1. The molecular weight excluding hydrogens is 702 g/mol. The van der Waals surface area contributed by atoms with Crippen LogP contribution in [0.3, 0.4) is 0 Å². The minimum absolute atomic E-state index is 0.0968. The van der Waals surface area contributed by atoms with Crippen LogP contribution < -0.4 is 24.4 Å². The lowest BCUT2D eigenvalue weighted by atomic mass is 10.0. The van der Waals surface area contributed by atoms with E-state index in [2.05, 4.69) is 20.9 Å². The quantitative estimate of drug-likeness (QED) is 0.0927. The molecule has 0 unspecified atom stereocenters. The number of halogens is 1. The number of allylic oxidation sites excluding steroid dienone is 1. The fourth-order valence-corrected chi connectivity index (χ4v) is 6.95. The fraction of sp³-hybridized carbons (Fsp3) is 0.171. The first-order chi connectivity index (χ1) is 23.2. The summed E-state index contributed by atoms with van der Waals surface area (Å²) in [6, 6.07) is 21.7. The van der Waals surface area contributed by atoms with Gasteiger partial charge in [-0.25, -0.2) is 9.79 Å². The molecule has 0 amide bonds. The normalized spacial score (nSPS) is 14.3. The number of ether oxygens (including phenoxy) is 3. The first-order valence-corrected chi connectivity index (χ1v) is 16.4. The molecule has 6 rings (SSSR count). The van der Waals surface area contributed by atoms with E-state index in [4.69, 9.17) is 18.6 Å². The highest BCUT2D eigenvalue weighted by atomic mass is 79.9. The highest BCUT2D eigenvalue weighted by Gasteiger charge is 2.35. The molecule has 0 bridgehead atoms. The molecule has 1 aliphatic heterocycles. The Hall–Kier alpha value is -5.27. The molecule has 3 aromatic carbocycles. The van der Waals surface area contributed by atoms with Crippen molar-refractivity contribution in [2.75, 3.05) is 13.7 Å². The monoisotopic (exact) mass is 729 g/mol. The molecule has 5 aromatic rings. The van der Waals surface area contributed by atoms with Crippen molar-refractivity contribution in [1.29, 1.82) is 0 Å². The number of hydrogen-bond acceptors (Lipinski definition) is 10. The molecule has 0 fully saturated rings. The van der Waals surface area contributed by atoms with Gasteiger partial charge < -0.3 is 18.6 Å². The van der Waals surface area contributed by atoms with E-state index in [-0.39, 0.29) is 23.6 Å². The molecule has 13 heteroatoms. The van der Waals surface area contributed by atoms with Gasteiger partial charge in [-0.1, -0.05) is 53.8 Å². The first kappa shape index (κ1) is 32.7. The lowest BCUT2D eigenvalue weighted by molar-refractivity contribution is -0.384. The molecular formula is C35H28BrN3O8S. The van der Waals surface area contributed by atoms with Gasteiger partial charge in [-0.15, -0.1) is 0 Å². The number of nitrogens with zero attached hydrogens (tertiary/aromatic N) is 3. The molecule has 0 saturated heterocycles. The van der Waals surface area contributed by atoms with Gasteiger partial charge in [0.15, 0.2) is 16.3 Å². The van der Waals surface area contributed by atoms with Crippen molar-refractivity contribution in [2.45, 2.75) is 26.5 Å². The Morgan fingerprint density at radius 2 is 1.92 bits per heavy atom. The van der Waals surface area contributed by atoms with Gasteiger partial charge in [-0.3, -0.25) is 19.5 Å². The van der Waals surface area contributed by atoms with Crippen molar-refractivity contribution in [3.8, 4) is 22.8 Å². The van der Waals surface area contributed by atoms with Gasteiger partial charge in [0, 0.05) is 17.7 Å². The van der Waals surface area contributed by atoms with Crippen LogP contribution in [0.1, 0.15) is 36.8 Å². The van der Waals surface area contributed by atoms with Gasteiger partial charge in [0.1, 0.15) is 24.2 Å². The Kier molecular flexibility index (Phi) is 9.42. The number of carbonyl (C=O) groups is 1. The maximum Gasteiger partial charge on any atom is 0.338 e. The van der Waals surface area contributed by atoms with Crippen LogP contribution in [0.15, 0.2) is 109 Å². The fourth-order valence-electron chi connectivity index (χ4n) is 5.33. The van der Waals surface area contributed by atoms with Crippen LogP contribution >= 0.6 is 27.3 Å². The van der Waals surface area contributed by atoms with Crippen molar-refractivity contribution < 1.29 is 28.3 Å². The molecule has 0 aliphatic carbocycles. The number of aromatic nitrogens is 1. The summed E-state index contributed by atoms with van der Waals surface area (Å²) in [6.07, 6.45) is 1.72. The van der Waals surface area contributed by atoms with Crippen LogP contribution in [0.2, 0.25) is 0 Å². The van der Waals surface area contributed by atoms with E-state index in [0.717, 1.165) is 16.9 Å². The van der Waals surface area contributed by atoms with Gasteiger partial charge in [-0.2, -0.15) is 0 Å². The molecule has 48 heavy (non-hydrogen) atoms. The largest absolute Gasteiger partial charge is 0.493 e. The molecule has 2 aromatic heterocycles. The van der Waals surface area contributed by atoms with Crippen LogP contribution in [-0.2, 0) is 16.1 Å². The number of carbonyl (C=O) groups excluding carboxylic acids is 1. The summed E-state index contributed by atoms with van der Waals surface area (Å²) in [5, 5.41) is 11.4. The molecule has 1 aliphatic rings. The van der Waals surface area contributed by atoms with Crippen LogP contribution in [0, 0.1) is 10.1 Å². The second kappa shape index (κ2) is 13.8. The zero-order chi connectivity index (χ0) is 33.9. The summed E-state index contributed by atoms with van der Waals surface area (Å²) in [5.41, 5.74) is 2.17. The Balaban J connectivity index is 1.42.